The second-order valence-electron chi connectivity index (χ2n) is 3.50. The number of benzene rings is 1. The minimum atomic E-state index is -0.733. The first-order valence-corrected chi connectivity index (χ1v) is 6.11. The number of nitriles is 1. The summed E-state index contributed by atoms with van der Waals surface area (Å²) in [7, 11) is 0. The van der Waals surface area contributed by atoms with Crippen molar-refractivity contribution in [3.05, 3.63) is 22.7 Å². The van der Waals surface area contributed by atoms with Crippen LogP contribution in [-0.2, 0) is 4.79 Å². The molecule has 0 radical (unpaired) electrons. The number of ether oxygens (including phenoxy) is 1. The lowest BCUT2D eigenvalue weighted by atomic mass is 10.2. The normalized spacial score (nSPS) is 15.8. The van der Waals surface area contributed by atoms with E-state index in [4.69, 9.17) is 21.6 Å². The van der Waals surface area contributed by atoms with E-state index in [-0.39, 0.29) is 19.1 Å². The number of amides is 1. The van der Waals surface area contributed by atoms with Crippen molar-refractivity contribution in [3.8, 4) is 11.8 Å². The van der Waals surface area contributed by atoms with E-state index in [1.54, 1.807) is 12.1 Å². The molecule has 0 saturated carbocycles. The maximum absolute atomic E-state index is 11.7. The van der Waals surface area contributed by atoms with Crippen molar-refractivity contribution in [1.82, 2.24) is 0 Å². The second kappa shape index (κ2) is 4.94. The molecule has 1 aliphatic rings. The molecule has 88 valence electrons. The molecule has 0 N–H and O–H groups in total. The maximum Gasteiger partial charge on any atom is 0.265 e. The largest absolute Gasteiger partial charge is 0.482 e. The van der Waals surface area contributed by atoms with Crippen LogP contribution < -0.4 is 9.64 Å². The lowest BCUT2D eigenvalue weighted by Gasteiger charge is -2.29. The molecule has 2 rings (SSSR count). The molecule has 0 aromatic heterocycles. The topological polar surface area (TPSA) is 53.3 Å². The van der Waals surface area contributed by atoms with E-state index >= 15 is 0 Å². The van der Waals surface area contributed by atoms with Gasteiger partial charge in [0.05, 0.1) is 18.3 Å². The Balaban J connectivity index is 2.36. The van der Waals surface area contributed by atoms with Gasteiger partial charge in [-0.25, -0.2) is 0 Å². The number of anilines is 1. The van der Waals surface area contributed by atoms with Crippen LogP contribution in [0.25, 0.3) is 0 Å². The summed E-state index contributed by atoms with van der Waals surface area (Å²) < 4.78 is 6.13. The van der Waals surface area contributed by atoms with Crippen LogP contribution in [-0.4, -0.2) is 24.4 Å². The summed E-state index contributed by atoms with van der Waals surface area (Å²) in [5.74, 6) is 0.422. The van der Waals surface area contributed by atoms with Crippen LogP contribution >= 0.6 is 27.5 Å². The highest BCUT2D eigenvalue weighted by Gasteiger charge is 2.27. The predicted molar refractivity (Wildman–Crippen MR) is 67.2 cm³/mol. The highest BCUT2D eigenvalue weighted by molar-refractivity contribution is 9.10. The molecule has 4 nitrogen and oxygen atoms in total. The third-order valence-corrected chi connectivity index (χ3v) is 3.08. The van der Waals surface area contributed by atoms with Crippen LogP contribution in [0.4, 0.5) is 5.69 Å². The van der Waals surface area contributed by atoms with Gasteiger partial charge in [0.15, 0.2) is 6.61 Å². The van der Waals surface area contributed by atoms with Crippen LogP contribution in [0.15, 0.2) is 22.7 Å². The van der Waals surface area contributed by atoms with Crippen molar-refractivity contribution in [1.29, 1.82) is 5.26 Å². The summed E-state index contributed by atoms with van der Waals surface area (Å²) in [5, 5.41) is 7.96. The SMILES string of the molecule is N#CC(Cl)CN1C(=O)COc2ccc(Br)cc21. The van der Waals surface area contributed by atoms with Gasteiger partial charge in [-0.05, 0) is 18.2 Å². The second-order valence-corrected chi connectivity index (χ2v) is 4.94. The summed E-state index contributed by atoms with van der Waals surface area (Å²) in [6.45, 7) is 0.132. The van der Waals surface area contributed by atoms with Crippen LogP contribution in [0.5, 0.6) is 5.75 Å². The molecule has 1 atom stereocenters. The van der Waals surface area contributed by atoms with Gasteiger partial charge in [0.1, 0.15) is 11.1 Å². The Morgan fingerprint density at radius 1 is 1.65 bits per heavy atom. The lowest BCUT2D eigenvalue weighted by molar-refractivity contribution is -0.121. The molecule has 6 heteroatoms. The average molecular weight is 316 g/mol. The maximum atomic E-state index is 11.7. The Hall–Kier alpha value is -1.25. The number of carbonyl (C=O) groups is 1. The summed E-state index contributed by atoms with van der Waals surface area (Å²) >= 11 is 9.09. The van der Waals surface area contributed by atoms with Crippen molar-refractivity contribution < 1.29 is 9.53 Å². The molecule has 0 saturated heterocycles. The zero-order chi connectivity index (χ0) is 12.4. The number of nitrogens with zero attached hydrogens (tertiary/aromatic N) is 2. The average Bonchev–Trinajstić information content (AvgIpc) is 2.32. The van der Waals surface area contributed by atoms with Gasteiger partial charge in [0.25, 0.3) is 5.91 Å². The van der Waals surface area contributed by atoms with E-state index in [0.717, 1.165) is 4.47 Å². The fraction of sp³-hybridized carbons (Fsp3) is 0.273. The molecule has 0 bridgehead atoms. The fourth-order valence-electron chi connectivity index (χ4n) is 1.58. The minimum absolute atomic E-state index is 0.0241. The zero-order valence-corrected chi connectivity index (χ0v) is 11.0. The number of rotatable bonds is 2. The Kier molecular flexibility index (Phi) is 3.55. The summed E-state index contributed by atoms with van der Waals surface area (Å²) in [4.78, 5) is 13.2. The highest BCUT2D eigenvalue weighted by atomic mass is 79.9. The third-order valence-electron chi connectivity index (χ3n) is 2.35. The van der Waals surface area contributed by atoms with Crippen molar-refractivity contribution in [2.45, 2.75) is 5.38 Å². The molecular formula is C11H8BrClN2O2. The van der Waals surface area contributed by atoms with Gasteiger partial charge in [-0.1, -0.05) is 15.9 Å². The van der Waals surface area contributed by atoms with E-state index in [0.29, 0.717) is 11.4 Å². The first-order valence-electron chi connectivity index (χ1n) is 4.88. The van der Waals surface area contributed by atoms with Gasteiger partial charge < -0.3 is 9.64 Å². The molecule has 1 aliphatic heterocycles. The van der Waals surface area contributed by atoms with E-state index in [1.807, 2.05) is 12.1 Å². The number of fused-ring (bicyclic) bond motifs is 1. The monoisotopic (exact) mass is 314 g/mol. The quantitative estimate of drug-likeness (QED) is 0.787. The zero-order valence-electron chi connectivity index (χ0n) is 8.69. The molecule has 1 aromatic carbocycles. The lowest BCUT2D eigenvalue weighted by Crippen LogP contribution is -2.41. The molecule has 0 fully saturated rings. The molecule has 0 spiro atoms. The van der Waals surface area contributed by atoms with E-state index in [9.17, 15) is 4.79 Å². The summed E-state index contributed by atoms with van der Waals surface area (Å²) in [6, 6.07) is 7.27. The first-order chi connectivity index (χ1) is 8.11. The molecule has 1 unspecified atom stereocenters. The van der Waals surface area contributed by atoms with Gasteiger partial charge in [0, 0.05) is 4.47 Å². The number of carbonyl (C=O) groups excluding carboxylic acids is 1. The van der Waals surface area contributed by atoms with Crippen molar-refractivity contribution in [3.63, 3.8) is 0 Å². The van der Waals surface area contributed by atoms with Crippen LogP contribution in [0.1, 0.15) is 0 Å². The van der Waals surface area contributed by atoms with Crippen molar-refractivity contribution in [2.24, 2.45) is 0 Å². The number of hydrogen-bond donors (Lipinski definition) is 0. The first kappa shape index (κ1) is 12.2. The Labute approximate surface area is 112 Å². The Morgan fingerprint density at radius 3 is 3.12 bits per heavy atom. The molecule has 1 amide bonds. The van der Waals surface area contributed by atoms with Crippen LogP contribution in [0.2, 0.25) is 0 Å². The molecular weight excluding hydrogens is 307 g/mol. The summed E-state index contributed by atoms with van der Waals surface area (Å²) in [6.07, 6.45) is 0. The van der Waals surface area contributed by atoms with E-state index in [2.05, 4.69) is 15.9 Å². The standard InChI is InChI=1S/C11H8BrClN2O2/c12-7-1-2-10-9(3-7)15(5-8(13)4-14)11(16)6-17-10/h1-3,8H,5-6H2. The van der Waals surface area contributed by atoms with Crippen molar-refractivity contribution in [2.75, 3.05) is 18.1 Å². The Bertz CT molecular complexity index is 501. The van der Waals surface area contributed by atoms with Crippen LogP contribution in [0.3, 0.4) is 0 Å². The highest BCUT2D eigenvalue weighted by Crippen LogP contribution is 2.34. The van der Waals surface area contributed by atoms with E-state index in [1.165, 1.54) is 4.90 Å². The summed E-state index contributed by atoms with van der Waals surface area (Å²) in [5.41, 5.74) is 0.636. The molecule has 17 heavy (non-hydrogen) atoms. The predicted octanol–water partition coefficient (Wildman–Crippen LogP) is 2.31. The number of hydrogen-bond acceptors (Lipinski definition) is 3. The van der Waals surface area contributed by atoms with Crippen molar-refractivity contribution >= 4 is 39.1 Å². The molecule has 1 aromatic rings. The van der Waals surface area contributed by atoms with Crippen LogP contribution in [0, 0.1) is 11.3 Å². The van der Waals surface area contributed by atoms with Gasteiger partial charge >= 0.3 is 0 Å². The number of halogens is 2. The fourth-order valence-corrected chi connectivity index (χ4v) is 2.06. The minimum Gasteiger partial charge on any atom is -0.482 e. The molecule has 0 aliphatic carbocycles. The van der Waals surface area contributed by atoms with Gasteiger partial charge in [-0.15, -0.1) is 11.6 Å². The molecule has 1 heterocycles. The Morgan fingerprint density at radius 2 is 2.41 bits per heavy atom. The van der Waals surface area contributed by atoms with Gasteiger partial charge in [-0.3, -0.25) is 4.79 Å². The van der Waals surface area contributed by atoms with E-state index < -0.39 is 5.38 Å². The smallest absolute Gasteiger partial charge is 0.265 e. The van der Waals surface area contributed by atoms with Gasteiger partial charge in [-0.2, -0.15) is 5.26 Å². The number of alkyl halides is 1. The third kappa shape index (κ3) is 2.54. The van der Waals surface area contributed by atoms with Gasteiger partial charge in [0.2, 0.25) is 0 Å².